The topological polar surface area (TPSA) is 66.4 Å². The highest BCUT2D eigenvalue weighted by Gasteiger charge is 2.22. The third-order valence-corrected chi connectivity index (χ3v) is 2.81. The Morgan fingerprint density at radius 3 is 2.88 bits per heavy atom. The number of terminal acetylenes is 1. The smallest absolute Gasteiger partial charge is 0.331 e. The van der Waals surface area contributed by atoms with Crippen molar-refractivity contribution in [2.45, 2.75) is 18.9 Å². The van der Waals surface area contributed by atoms with Crippen molar-refractivity contribution in [3.8, 4) is 12.3 Å². The summed E-state index contributed by atoms with van der Waals surface area (Å²) >= 11 is 1.29. The van der Waals surface area contributed by atoms with Crippen LogP contribution in [0, 0.1) is 12.3 Å². The number of aliphatic carboxylic acids is 1. The summed E-state index contributed by atoms with van der Waals surface area (Å²) < 4.78 is 0. The van der Waals surface area contributed by atoms with Crippen molar-refractivity contribution in [1.29, 1.82) is 0 Å². The zero-order valence-electron chi connectivity index (χ0n) is 8.47. The van der Waals surface area contributed by atoms with Gasteiger partial charge < -0.3 is 10.4 Å². The van der Waals surface area contributed by atoms with Crippen molar-refractivity contribution >= 4 is 23.2 Å². The van der Waals surface area contributed by atoms with Gasteiger partial charge in [0.2, 0.25) is 5.91 Å². The number of carboxylic acid groups (broad SMARTS) is 1. The molecule has 1 heterocycles. The van der Waals surface area contributed by atoms with Crippen molar-refractivity contribution in [1.82, 2.24) is 5.32 Å². The number of carbonyl (C=O) groups is 2. The number of carbonyl (C=O) groups excluding carboxylic acids is 1. The second kappa shape index (κ2) is 5.93. The number of hydrogen-bond acceptors (Lipinski definition) is 3. The van der Waals surface area contributed by atoms with E-state index in [1.165, 1.54) is 11.3 Å². The van der Waals surface area contributed by atoms with E-state index < -0.39 is 12.0 Å². The molecule has 0 radical (unpaired) electrons. The summed E-state index contributed by atoms with van der Waals surface area (Å²) in [4.78, 5) is 22.9. The normalized spacial score (nSPS) is 11.4. The fraction of sp³-hybridized carbons (Fsp3) is 0.273. The summed E-state index contributed by atoms with van der Waals surface area (Å²) in [6, 6.07) is 2.43. The first-order valence-electron chi connectivity index (χ1n) is 4.64. The molecule has 1 atom stereocenters. The van der Waals surface area contributed by atoms with Crippen LogP contribution in [0.15, 0.2) is 17.5 Å². The van der Waals surface area contributed by atoms with E-state index in [0.29, 0.717) is 11.3 Å². The molecule has 1 aromatic rings. The molecule has 4 nitrogen and oxygen atoms in total. The molecule has 2 N–H and O–H groups in total. The molecule has 0 bridgehead atoms. The van der Waals surface area contributed by atoms with Crippen LogP contribution in [0.25, 0.3) is 0 Å². The zero-order chi connectivity index (χ0) is 12.0. The van der Waals surface area contributed by atoms with E-state index in [2.05, 4.69) is 11.2 Å². The Hall–Kier alpha value is -1.80. The first-order chi connectivity index (χ1) is 7.65. The van der Waals surface area contributed by atoms with Crippen molar-refractivity contribution < 1.29 is 14.7 Å². The van der Waals surface area contributed by atoms with Crippen molar-refractivity contribution in [3.05, 3.63) is 22.4 Å². The lowest BCUT2D eigenvalue weighted by Gasteiger charge is -2.12. The summed E-state index contributed by atoms with van der Waals surface area (Å²) in [6.45, 7) is 0. The van der Waals surface area contributed by atoms with Crippen LogP contribution in [0.5, 0.6) is 0 Å². The third kappa shape index (κ3) is 3.41. The quantitative estimate of drug-likeness (QED) is 0.761. The fourth-order valence-corrected chi connectivity index (χ4v) is 1.90. The van der Waals surface area contributed by atoms with Gasteiger partial charge in [-0.15, -0.1) is 23.7 Å². The van der Waals surface area contributed by atoms with Crippen LogP contribution >= 0.6 is 11.3 Å². The maximum absolute atomic E-state index is 11.3. The minimum absolute atomic E-state index is 0.144. The van der Waals surface area contributed by atoms with Gasteiger partial charge in [-0.3, -0.25) is 4.79 Å². The van der Waals surface area contributed by atoms with E-state index in [9.17, 15) is 9.59 Å². The highest BCUT2D eigenvalue weighted by atomic mass is 32.1. The SMILES string of the molecule is C#CCCC(=O)NC(C(=O)O)c1cccs1. The summed E-state index contributed by atoms with van der Waals surface area (Å²) in [6.07, 6.45) is 5.47. The van der Waals surface area contributed by atoms with Gasteiger partial charge in [-0.2, -0.15) is 0 Å². The summed E-state index contributed by atoms with van der Waals surface area (Å²) in [5.74, 6) is 0.909. The van der Waals surface area contributed by atoms with Crippen molar-refractivity contribution in [2.24, 2.45) is 0 Å². The van der Waals surface area contributed by atoms with E-state index in [1.807, 2.05) is 0 Å². The molecule has 16 heavy (non-hydrogen) atoms. The average Bonchev–Trinajstić information content (AvgIpc) is 2.75. The van der Waals surface area contributed by atoms with Crippen molar-refractivity contribution in [3.63, 3.8) is 0 Å². The van der Waals surface area contributed by atoms with Crippen LogP contribution in [-0.4, -0.2) is 17.0 Å². The molecule has 0 aliphatic carbocycles. The van der Waals surface area contributed by atoms with E-state index in [4.69, 9.17) is 11.5 Å². The second-order valence-corrected chi connectivity index (χ2v) is 4.04. The molecule has 0 fully saturated rings. The molecule has 1 unspecified atom stereocenters. The predicted octanol–water partition coefficient (Wildman–Crippen LogP) is 1.40. The molecule has 0 saturated heterocycles. The second-order valence-electron chi connectivity index (χ2n) is 3.06. The Balaban J connectivity index is 2.64. The minimum atomic E-state index is -1.07. The number of amides is 1. The van der Waals surface area contributed by atoms with Gasteiger partial charge in [-0.25, -0.2) is 4.79 Å². The molecule has 0 aliphatic heterocycles. The minimum Gasteiger partial charge on any atom is -0.479 e. The Bertz CT molecular complexity index is 405. The van der Waals surface area contributed by atoms with Gasteiger partial charge in [-0.05, 0) is 11.4 Å². The molecule has 5 heteroatoms. The van der Waals surface area contributed by atoms with Gasteiger partial charge in [0.15, 0.2) is 6.04 Å². The lowest BCUT2D eigenvalue weighted by atomic mass is 10.2. The Labute approximate surface area is 97.3 Å². The van der Waals surface area contributed by atoms with E-state index in [-0.39, 0.29) is 12.3 Å². The lowest BCUT2D eigenvalue weighted by molar-refractivity contribution is -0.141. The third-order valence-electron chi connectivity index (χ3n) is 1.88. The first-order valence-corrected chi connectivity index (χ1v) is 5.52. The van der Waals surface area contributed by atoms with Gasteiger partial charge in [0, 0.05) is 17.7 Å². The van der Waals surface area contributed by atoms with Crippen LogP contribution in [0.4, 0.5) is 0 Å². The highest BCUT2D eigenvalue weighted by molar-refractivity contribution is 7.10. The molecular formula is C11H11NO3S. The summed E-state index contributed by atoms with van der Waals surface area (Å²) in [5, 5.41) is 13.2. The monoisotopic (exact) mass is 237 g/mol. The molecule has 1 aromatic heterocycles. The standard InChI is InChI=1S/C11H11NO3S/c1-2-3-6-9(13)12-10(11(14)15)8-5-4-7-16-8/h1,4-5,7,10H,3,6H2,(H,12,13)(H,14,15). The number of carboxylic acids is 1. The number of thiophene rings is 1. The van der Waals surface area contributed by atoms with Crippen LogP contribution in [-0.2, 0) is 9.59 Å². The number of hydrogen-bond donors (Lipinski definition) is 2. The van der Waals surface area contributed by atoms with Crippen LogP contribution < -0.4 is 5.32 Å². The van der Waals surface area contributed by atoms with Gasteiger partial charge in [0.1, 0.15) is 0 Å². The van der Waals surface area contributed by atoms with E-state index in [1.54, 1.807) is 17.5 Å². The summed E-state index contributed by atoms with van der Waals surface area (Å²) in [7, 11) is 0. The van der Waals surface area contributed by atoms with Crippen LogP contribution in [0.2, 0.25) is 0 Å². The number of nitrogens with one attached hydrogen (secondary N) is 1. The Morgan fingerprint density at radius 1 is 1.62 bits per heavy atom. The van der Waals surface area contributed by atoms with Gasteiger partial charge in [-0.1, -0.05) is 6.07 Å². The van der Waals surface area contributed by atoms with Crippen molar-refractivity contribution in [2.75, 3.05) is 0 Å². The molecule has 1 rings (SSSR count). The predicted molar refractivity (Wildman–Crippen MR) is 60.9 cm³/mol. The maximum atomic E-state index is 11.3. The largest absolute Gasteiger partial charge is 0.479 e. The average molecular weight is 237 g/mol. The Kier molecular flexibility index (Phi) is 4.55. The first kappa shape index (κ1) is 12.3. The van der Waals surface area contributed by atoms with E-state index in [0.717, 1.165) is 0 Å². The molecule has 0 saturated carbocycles. The summed E-state index contributed by atoms with van der Waals surface area (Å²) in [5.41, 5.74) is 0. The van der Waals surface area contributed by atoms with Crippen LogP contribution in [0.3, 0.4) is 0 Å². The number of rotatable bonds is 5. The molecule has 84 valence electrons. The molecule has 0 aromatic carbocycles. The maximum Gasteiger partial charge on any atom is 0.331 e. The van der Waals surface area contributed by atoms with Crippen LogP contribution in [0.1, 0.15) is 23.8 Å². The molecule has 0 spiro atoms. The molecule has 1 amide bonds. The molecular weight excluding hydrogens is 226 g/mol. The van der Waals surface area contributed by atoms with Gasteiger partial charge in [0.05, 0.1) is 0 Å². The zero-order valence-corrected chi connectivity index (χ0v) is 9.29. The Morgan fingerprint density at radius 2 is 2.38 bits per heavy atom. The lowest BCUT2D eigenvalue weighted by Crippen LogP contribution is -2.32. The van der Waals surface area contributed by atoms with E-state index >= 15 is 0 Å². The van der Waals surface area contributed by atoms with Gasteiger partial charge in [0.25, 0.3) is 0 Å². The highest BCUT2D eigenvalue weighted by Crippen LogP contribution is 2.19. The fourth-order valence-electron chi connectivity index (χ4n) is 1.13. The van der Waals surface area contributed by atoms with Gasteiger partial charge >= 0.3 is 5.97 Å². The molecule has 0 aliphatic rings.